The van der Waals surface area contributed by atoms with Gasteiger partial charge in [-0.15, -0.1) is 0 Å². The molecule has 1 saturated carbocycles. The van der Waals surface area contributed by atoms with E-state index in [1.165, 1.54) is 0 Å². The number of ether oxygens (including phenoxy) is 3. The summed E-state index contributed by atoms with van der Waals surface area (Å²) in [5, 5.41) is 5.88. The fourth-order valence-electron chi connectivity index (χ4n) is 4.70. The summed E-state index contributed by atoms with van der Waals surface area (Å²) < 4.78 is 15.8. The van der Waals surface area contributed by atoms with Crippen LogP contribution < -0.4 is 15.4 Å². The Balaban J connectivity index is 1.35. The number of benzene rings is 3. The molecule has 0 aromatic heterocycles. The van der Waals surface area contributed by atoms with Crippen molar-refractivity contribution in [3.8, 4) is 5.75 Å². The second kappa shape index (κ2) is 14.7. The van der Waals surface area contributed by atoms with E-state index >= 15 is 0 Å². The molecule has 0 heterocycles. The minimum absolute atomic E-state index is 0.0727. The van der Waals surface area contributed by atoms with Gasteiger partial charge in [-0.05, 0) is 47.6 Å². The Morgan fingerprint density at radius 2 is 1.38 bits per heavy atom. The Kier molecular flexibility index (Phi) is 10.6. The molecule has 8 nitrogen and oxygen atoms in total. The lowest BCUT2D eigenvalue weighted by Gasteiger charge is -2.31. The van der Waals surface area contributed by atoms with Gasteiger partial charge in [-0.25, -0.2) is 9.59 Å². The Labute approximate surface area is 235 Å². The number of carbonyl (C=O) groups excluding carboxylic acids is 3. The average Bonchev–Trinajstić information content (AvgIpc) is 2.98. The van der Waals surface area contributed by atoms with Crippen LogP contribution in [-0.2, 0) is 33.9 Å². The highest BCUT2D eigenvalue weighted by Gasteiger charge is 2.28. The topological polar surface area (TPSA) is 103 Å². The zero-order chi connectivity index (χ0) is 28.2. The fraction of sp³-hybridized carbons (Fsp3) is 0.344. The summed E-state index contributed by atoms with van der Waals surface area (Å²) in [5.74, 6) is 0.441. The van der Waals surface area contributed by atoms with Gasteiger partial charge in [0, 0.05) is 12.5 Å². The molecule has 0 aliphatic heterocycles. The van der Waals surface area contributed by atoms with Crippen LogP contribution in [0.5, 0.6) is 5.75 Å². The molecule has 2 amide bonds. The van der Waals surface area contributed by atoms with Crippen molar-refractivity contribution < 1.29 is 28.6 Å². The molecule has 8 heteroatoms. The van der Waals surface area contributed by atoms with Gasteiger partial charge in [-0.2, -0.15) is 0 Å². The average molecular weight is 545 g/mol. The Hall–Kier alpha value is -4.33. The van der Waals surface area contributed by atoms with Crippen LogP contribution in [0.15, 0.2) is 84.9 Å². The number of amides is 2. The second-order valence-corrected chi connectivity index (χ2v) is 10.1. The van der Waals surface area contributed by atoms with Crippen LogP contribution in [0.3, 0.4) is 0 Å². The van der Waals surface area contributed by atoms with Gasteiger partial charge in [0.15, 0.2) is 0 Å². The van der Waals surface area contributed by atoms with Gasteiger partial charge < -0.3 is 24.8 Å². The van der Waals surface area contributed by atoms with Crippen molar-refractivity contribution in [2.45, 2.75) is 64.3 Å². The van der Waals surface area contributed by atoms with E-state index in [-0.39, 0.29) is 31.6 Å². The summed E-state index contributed by atoms with van der Waals surface area (Å²) in [6, 6.07) is 24.7. The first-order valence-corrected chi connectivity index (χ1v) is 13.7. The molecule has 210 valence electrons. The molecule has 1 fully saturated rings. The third-order valence-electron chi connectivity index (χ3n) is 7.02. The van der Waals surface area contributed by atoms with E-state index in [4.69, 9.17) is 14.2 Å². The summed E-state index contributed by atoms with van der Waals surface area (Å²) in [6.45, 7) is 2.36. The summed E-state index contributed by atoms with van der Waals surface area (Å²) >= 11 is 0. The molecule has 1 aliphatic rings. The van der Waals surface area contributed by atoms with Crippen molar-refractivity contribution in [3.63, 3.8) is 0 Å². The Morgan fingerprint density at radius 1 is 0.775 bits per heavy atom. The highest BCUT2D eigenvalue weighted by atomic mass is 16.7. The first kappa shape index (κ1) is 28.7. The van der Waals surface area contributed by atoms with Crippen molar-refractivity contribution in [2.75, 3.05) is 0 Å². The van der Waals surface area contributed by atoms with Crippen LogP contribution in [0.4, 0.5) is 9.59 Å². The molecule has 3 aromatic rings. The zero-order valence-corrected chi connectivity index (χ0v) is 22.7. The largest absolute Gasteiger partial charge is 0.514 e. The van der Waals surface area contributed by atoms with Crippen molar-refractivity contribution in [1.29, 1.82) is 0 Å². The monoisotopic (exact) mass is 544 g/mol. The maximum Gasteiger partial charge on any atom is 0.514 e. The molecule has 0 spiro atoms. The van der Waals surface area contributed by atoms with E-state index in [1.54, 1.807) is 24.3 Å². The molecule has 40 heavy (non-hydrogen) atoms. The summed E-state index contributed by atoms with van der Waals surface area (Å²) in [6.07, 6.45) is 2.99. The normalized spacial score (nSPS) is 17.2. The smallest absolute Gasteiger partial charge is 0.445 e. The molecule has 3 atom stereocenters. The number of hydrogen-bond acceptors (Lipinski definition) is 6. The first-order chi connectivity index (χ1) is 19.5. The van der Waals surface area contributed by atoms with Crippen LogP contribution in [0, 0.1) is 5.92 Å². The molecule has 2 N–H and O–H groups in total. The van der Waals surface area contributed by atoms with Crippen LogP contribution in [0.25, 0.3) is 0 Å². The van der Waals surface area contributed by atoms with Gasteiger partial charge >= 0.3 is 12.2 Å². The minimum atomic E-state index is -0.833. The van der Waals surface area contributed by atoms with Gasteiger partial charge in [-0.3, -0.25) is 4.79 Å². The molecule has 3 aromatic carbocycles. The van der Waals surface area contributed by atoms with E-state index in [9.17, 15) is 14.4 Å². The molecule has 0 saturated heterocycles. The quantitative estimate of drug-likeness (QED) is 0.242. The van der Waals surface area contributed by atoms with Gasteiger partial charge in [0.05, 0.1) is 0 Å². The summed E-state index contributed by atoms with van der Waals surface area (Å²) in [4.78, 5) is 38.0. The lowest BCUT2D eigenvalue weighted by atomic mass is 9.85. The van der Waals surface area contributed by atoms with Crippen LogP contribution in [0.2, 0.25) is 0 Å². The lowest BCUT2D eigenvalue weighted by molar-refractivity contribution is -0.124. The highest BCUT2D eigenvalue weighted by molar-refractivity contribution is 5.86. The zero-order valence-electron chi connectivity index (χ0n) is 22.7. The van der Waals surface area contributed by atoms with Gasteiger partial charge in [0.25, 0.3) is 0 Å². The number of alkyl carbamates (subject to hydrolysis) is 1. The standard InChI is InChI=1S/C32H36N2O6/c1-23-10-8-9-15-28(23)33-30(35)29(34-31(36)38-21-25-11-4-2-5-12-25)20-24-16-18-27(19-17-24)40-32(37)39-22-26-13-6-3-7-14-26/h2-7,11-14,16-19,23,28-29H,8-10,15,20-22H2,1H3,(H,33,35)(H,34,36)/t23-,28-,29+/m1/s1. The summed E-state index contributed by atoms with van der Waals surface area (Å²) in [7, 11) is 0. The molecule has 0 bridgehead atoms. The predicted octanol–water partition coefficient (Wildman–Crippen LogP) is 5.93. The van der Waals surface area contributed by atoms with Crippen LogP contribution >= 0.6 is 0 Å². The maximum atomic E-state index is 13.3. The van der Waals surface area contributed by atoms with Crippen molar-refractivity contribution in [3.05, 3.63) is 102 Å². The second-order valence-electron chi connectivity index (χ2n) is 10.1. The number of carbonyl (C=O) groups is 3. The van der Waals surface area contributed by atoms with E-state index < -0.39 is 18.3 Å². The van der Waals surface area contributed by atoms with Gasteiger partial charge in [0.1, 0.15) is 25.0 Å². The predicted molar refractivity (Wildman–Crippen MR) is 151 cm³/mol. The van der Waals surface area contributed by atoms with E-state index in [1.807, 2.05) is 60.7 Å². The number of hydrogen-bond donors (Lipinski definition) is 2. The molecular formula is C32H36N2O6. The van der Waals surface area contributed by atoms with Crippen molar-refractivity contribution >= 4 is 18.2 Å². The third kappa shape index (κ3) is 9.15. The van der Waals surface area contributed by atoms with E-state index in [0.717, 1.165) is 42.4 Å². The van der Waals surface area contributed by atoms with Crippen molar-refractivity contribution in [1.82, 2.24) is 10.6 Å². The molecular weight excluding hydrogens is 508 g/mol. The van der Waals surface area contributed by atoms with Crippen molar-refractivity contribution in [2.24, 2.45) is 5.92 Å². The first-order valence-electron chi connectivity index (χ1n) is 13.7. The summed E-state index contributed by atoms with van der Waals surface area (Å²) in [5.41, 5.74) is 2.49. The molecule has 1 aliphatic carbocycles. The van der Waals surface area contributed by atoms with Crippen LogP contribution in [-0.4, -0.2) is 30.2 Å². The maximum absolute atomic E-state index is 13.3. The third-order valence-corrected chi connectivity index (χ3v) is 7.02. The Morgan fingerprint density at radius 3 is 2.00 bits per heavy atom. The van der Waals surface area contributed by atoms with E-state index in [2.05, 4.69) is 17.6 Å². The molecule has 0 radical (unpaired) electrons. The van der Waals surface area contributed by atoms with Gasteiger partial charge in [0.2, 0.25) is 5.91 Å². The van der Waals surface area contributed by atoms with Gasteiger partial charge in [-0.1, -0.05) is 92.6 Å². The SMILES string of the molecule is C[C@@H]1CCCC[C@H]1NC(=O)[C@H](Cc1ccc(OC(=O)OCc2ccccc2)cc1)NC(=O)OCc1ccccc1. The van der Waals surface area contributed by atoms with E-state index in [0.29, 0.717) is 11.7 Å². The Bertz CT molecular complexity index is 1230. The highest BCUT2D eigenvalue weighted by Crippen LogP contribution is 2.24. The molecule has 4 rings (SSSR count). The fourth-order valence-corrected chi connectivity index (χ4v) is 4.70. The number of nitrogens with one attached hydrogen (secondary N) is 2. The molecule has 0 unspecified atom stereocenters. The minimum Gasteiger partial charge on any atom is -0.445 e. The lowest BCUT2D eigenvalue weighted by Crippen LogP contribution is -2.52. The number of rotatable bonds is 10. The van der Waals surface area contributed by atoms with Crippen LogP contribution in [0.1, 0.15) is 49.3 Å².